The molecule has 23 heavy (non-hydrogen) atoms. The second-order valence-corrected chi connectivity index (χ2v) is 5.89. The van der Waals surface area contributed by atoms with E-state index in [-0.39, 0.29) is 5.41 Å². The third-order valence-corrected chi connectivity index (χ3v) is 3.79. The Morgan fingerprint density at radius 1 is 1.39 bits per heavy atom. The van der Waals surface area contributed by atoms with Gasteiger partial charge in [-0.25, -0.2) is 8.78 Å². The van der Waals surface area contributed by atoms with Gasteiger partial charge in [-0.05, 0) is 19.1 Å². The lowest BCUT2D eigenvalue weighted by Crippen LogP contribution is -2.58. The number of alkyl halides is 2. The summed E-state index contributed by atoms with van der Waals surface area (Å²) in [5.41, 5.74) is 0.572. The van der Waals surface area contributed by atoms with Crippen molar-refractivity contribution in [2.75, 3.05) is 32.8 Å². The molecule has 8 heteroatoms. The Labute approximate surface area is 132 Å². The van der Waals surface area contributed by atoms with E-state index in [9.17, 15) is 8.78 Å². The second-order valence-electron chi connectivity index (χ2n) is 5.89. The van der Waals surface area contributed by atoms with Gasteiger partial charge in [0.15, 0.2) is 0 Å². The normalized spacial score (nSPS) is 17.4. The molecule has 0 bridgehead atoms. The Morgan fingerprint density at radius 3 is 2.91 bits per heavy atom. The molecular formula is C15H18F2N4O2. The van der Waals surface area contributed by atoms with Gasteiger partial charge < -0.3 is 9.15 Å². The van der Waals surface area contributed by atoms with Gasteiger partial charge in [0, 0.05) is 32.0 Å². The molecule has 1 aliphatic rings. The van der Waals surface area contributed by atoms with Crippen LogP contribution >= 0.6 is 0 Å². The van der Waals surface area contributed by atoms with Crippen molar-refractivity contribution in [1.82, 2.24) is 20.1 Å². The van der Waals surface area contributed by atoms with Crippen LogP contribution in [0.3, 0.4) is 0 Å². The maximum atomic E-state index is 12.0. The Bertz CT molecular complexity index is 629. The number of likely N-dealkylation sites (tertiary alicyclic amines) is 1. The van der Waals surface area contributed by atoms with Gasteiger partial charge in [0.2, 0.25) is 11.8 Å². The van der Waals surface area contributed by atoms with Crippen LogP contribution in [-0.2, 0) is 10.2 Å². The first-order valence-corrected chi connectivity index (χ1v) is 7.39. The molecule has 0 aromatic carbocycles. The van der Waals surface area contributed by atoms with Gasteiger partial charge in [0.05, 0.1) is 17.6 Å². The number of halogens is 2. The molecule has 1 fully saturated rings. The highest BCUT2D eigenvalue weighted by Gasteiger charge is 2.44. The minimum atomic E-state index is -2.42. The Morgan fingerprint density at radius 2 is 2.22 bits per heavy atom. The summed E-state index contributed by atoms with van der Waals surface area (Å²) in [6.45, 7) is 3.92. The summed E-state index contributed by atoms with van der Waals surface area (Å²) < 4.78 is 34.6. The molecule has 0 radical (unpaired) electrons. The topological polar surface area (TPSA) is 64.3 Å². The van der Waals surface area contributed by atoms with Crippen LogP contribution in [0, 0.1) is 0 Å². The zero-order valence-electron chi connectivity index (χ0n) is 12.8. The van der Waals surface area contributed by atoms with Gasteiger partial charge >= 0.3 is 0 Å². The summed E-state index contributed by atoms with van der Waals surface area (Å²) in [6, 6.07) is 3.67. The average molecular weight is 324 g/mol. The molecule has 2 aromatic heterocycles. The van der Waals surface area contributed by atoms with Crippen molar-refractivity contribution >= 4 is 0 Å². The molecule has 3 rings (SSSR count). The number of pyridine rings is 1. The lowest BCUT2D eigenvalue weighted by Gasteiger charge is -2.45. The zero-order valence-corrected chi connectivity index (χ0v) is 12.8. The summed E-state index contributed by atoms with van der Waals surface area (Å²) in [5, 5.41) is 8.21. The molecule has 0 spiro atoms. The predicted octanol–water partition coefficient (Wildman–Crippen LogP) is 1.99. The van der Waals surface area contributed by atoms with Gasteiger partial charge in [0.1, 0.15) is 6.61 Å². The van der Waals surface area contributed by atoms with E-state index in [0.29, 0.717) is 24.9 Å². The van der Waals surface area contributed by atoms with E-state index >= 15 is 0 Å². The molecule has 0 saturated carbocycles. The number of ether oxygens (including phenoxy) is 1. The molecule has 0 amide bonds. The minimum absolute atomic E-state index is 0.212. The van der Waals surface area contributed by atoms with E-state index in [1.54, 1.807) is 12.4 Å². The molecule has 0 unspecified atom stereocenters. The van der Waals surface area contributed by atoms with Gasteiger partial charge in [-0.3, -0.25) is 9.88 Å². The number of hydrogen-bond donors (Lipinski definition) is 0. The molecule has 0 N–H and O–H groups in total. The van der Waals surface area contributed by atoms with Crippen LogP contribution < -0.4 is 0 Å². The monoisotopic (exact) mass is 324 g/mol. The van der Waals surface area contributed by atoms with Crippen LogP contribution in [0.4, 0.5) is 8.78 Å². The highest BCUT2D eigenvalue weighted by Crippen LogP contribution is 2.34. The minimum Gasteiger partial charge on any atom is -0.420 e. The standard InChI is InChI=1S/C15H18F2N4O2/c1-15(9-21(10-15)5-6-22-8-12(16)17)14-20-19-13(23-14)11-3-2-4-18-7-11/h2-4,7,12H,5-6,8-10H2,1H3. The molecular weight excluding hydrogens is 306 g/mol. The third-order valence-electron chi connectivity index (χ3n) is 3.79. The first kappa shape index (κ1) is 15.9. The van der Waals surface area contributed by atoms with Crippen LogP contribution in [-0.4, -0.2) is 59.4 Å². The van der Waals surface area contributed by atoms with Crippen LogP contribution in [0.25, 0.3) is 11.5 Å². The SMILES string of the molecule is CC1(c2nnc(-c3cccnc3)o2)CN(CCOCC(F)F)C1. The summed E-state index contributed by atoms with van der Waals surface area (Å²) in [6.07, 6.45) is 0.940. The van der Waals surface area contributed by atoms with E-state index in [4.69, 9.17) is 9.15 Å². The lowest BCUT2D eigenvalue weighted by atomic mass is 9.82. The summed E-state index contributed by atoms with van der Waals surface area (Å²) >= 11 is 0. The smallest absolute Gasteiger partial charge is 0.261 e. The van der Waals surface area contributed by atoms with E-state index in [2.05, 4.69) is 20.1 Å². The molecule has 0 aliphatic carbocycles. The lowest BCUT2D eigenvalue weighted by molar-refractivity contribution is -0.0119. The van der Waals surface area contributed by atoms with Crippen molar-refractivity contribution in [3.05, 3.63) is 30.4 Å². The summed E-state index contributed by atoms with van der Waals surface area (Å²) in [5.74, 6) is 1.04. The van der Waals surface area contributed by atoms with E-state index in [0.717, 1.165) is 18.7 Å². The predicted molar refractivity (Wildman–Crippen MR) is 78.1 cm³/mol. The van der Waals surface area contributed by atoms with Crippen molar-refractivity contribution in [2.45, 2.75) is 18.8 Å². The second kappa shape index (κ2) is 6.67. The molecule has 6 nitrogen and oxygen atoms in total. The Hall–Kier alpha value is -1.93. The van der Waals surface area contributed by atoms with Gasteiger partial charge in [-0.15, -0.1) is 10.2 Å². The molecule has 124 valence electrons. The van der Waals surface area contributed by atoms with Gasteiger partial charge in [-0.1, -0.05) is 0 Å². The number of hydrogen-bond acceptors (Lipinski definition) is 6. The maximum Gasteiger partial charge on any atom is 0.261 e. The molecule has 1 aliphatic heterocycles. The summed E-state index contributed by atoms with van der Waals surface area (Å²) in [7, 11) is 0. The zero-order chi connectivity index (χ0) is 16.3. The molecule has 3 heterocycles. The van der Waals surface area contributed by atoms with Crippen LogP contribution in [0.5, 0.6) is 0 Å². The van der Waals surface area contributed by atoms with Crippen LogP contribution in [0.2, 0.25) is 0 Å². The quantitative estimate of drug-likeness (QED) is 0.726. The highest BCUT2D eigenvalue weighted by atomic mass is 19.3. The number of nitrogens with zero attached hydrogens (tertiary/aromatic N) is 4. The number of aromatic nitrogens is 3. The first-order chi connectivity index (χ1) is 11.1. The van der Waals surface area contributed by atoms with E-state index in [1.165, 1.54) is 0 Å². The van der Waals surface area contributed by atoms with Crippen molar-refractivity contribution in [3.8, 4) is 11.5 Å². The highest BCUT2D eigenvalue weighted by molar-refractivity contribution is 5.50. The third kappa shape index (κ3) is 3.70. The van der Waals surface area contributed by atoms with Crippen LogP contribution in [0.1, 0.15) is 12.8 Å². The van der Waals surface area contributed by atoms with Gasteiger partial charge in [-0.2, -0.15) is 0 Å². The maximum absolute atomic E-state index is 12.0. The number of rotatable bonds is 7. The van der Waals surface area contributed by atoms with Crippen molar-refractivity contribution in [1.29, 1.82) is 0 Å². The fourth-order valence-electron chi connectivity index (χ4n) is 2.67. The molecule has 0 atom stereocenters. The van der Waals surface area contributed by atoms with E-state index in [1.807, 2.05) is 19.1 Å². The largest absolute Gasteiger partial charge is 0.420 e. The van der Waals surface area contributed by atoms with Crippen LogP contribution in [0.15, 0.2) is 28.9 Å². The Balaban J connectivity index is 1.52. The molecule has 1 saturated heterocycles. The fourth-order valence-corrected chi connectivity index (χ4v) is 2.67. The molecule has 2 aromatic rings. The van der Waals surface area contributed by atoms with Crippen molar-refractivity contribution in [3.63, 3.8) is 0 Å². The van der Waals surface area contributed by atoms with E-state index < -0.39 is 13.0 Å². The Kier molecular flexibility index (Phi) is 4.63. The van der Waals surface area contributed by atoms with Crippen molar-refractivity contribution in [2.24, 2.45) is 0 Å². The summed E-state index contributed by atoms with van der Waals surface area (Å²) in [4.78, 5) is 6.14. The van der Waals surface area contributed by atoms with Crippen molar-refractivity contribution < 1.29 is 17.9 Å². The fraction of sp³-hybridized carbons (Fsp3) is 0.533. The van der Waals surface area contributed by atoms with Gasteiger partial charge in [0.25, 0.3) is 6.43 Å². The average Bonchev–Trinajstić information content (AvgIpc) is 3.00. The first-order valence-electron chi connectivity index (χ1n) is 7.39.